The summed E-state index contributed by atoms with van der Waals surface area (Å²) in [5, 5.41) is 31.7. The molecule has 0 rings (SSSR count). The molecule has 0 aromatic rings. The van der Waals surface area contributed by atoms with Gasteiger partial charge in [0.25, 0.3) is 0 Å². The number of nitrogens with one attached hydrogen (secondary N) is 9. The van der Waals surface area contributed by atoms with Crippen molar-refractivity contribution >= 4 is 59.1 Å². The third kappa shape index (κ3) is 20.9. The maximum Gasteiger partial charge on any atom is 0.326 e. The number of carboxylic acid groups (broad SMARTS) is 1. The highest BCUT2D eigenvalue weighted by Crippen LogP contribution is 2.09. The molecule has 22 nitrogen and oxygen atoms in total. The number of unbranched alkanes of at least 4 members (excludes halogenated alkanes) is 1. The molecule has 14 N–H and O–H groups in total. The monoisotopic (exact) mass is 884 g/mol. The molecule has 0 unspecified atom stereocenters. The van der Waals surface area contributed by atoms with E-state index in [2.05, 4.69) is 47.9 Å². The standard InChI is InChI=1S/C40H73N11O11/c1-19(2)29(42)35(56)50-33(23(9)10)39(60)51-32(22(7)8)38(59)43-16-26(52)46-24(11)34(55)49-31(21(5)6)37(58)45-18-28(54)48-30(20(3)4)36(57)44-17-27(53)47-25(40(61)62)14-12-13-15-41/h19-25,29-33H,12-18,41-42H2,1-11H3,(H,43,59)(H,44,57)(H,45,58)(H,46,52)(H,47,53)(H,48,54)(H,49,55)(H,50,56)(H,51,60)(H,61,62)/t24-,25-,29-,30-,31-,32-,33-/m0/s1. The van der Waals surface area contributed by atoms with Crippen LogP contribution in [0, 0.1) is 29.6 Å². The van der Waals surface area contributed by atoms with Crippen molar-refractivity contribution < 1.29 is 53.1 Å². The van der Waals surface area contributed by atoms with Gasteiger partial charge in [0.1, 0.15) is 36.3 Å². The van der Waals surface area contributed by atoms with Gasteiger partial charge in [-0.2, -0.15) is 0 Å². The molecule has 0 bridgehead atoms. The second kappa shape index (κ2) is 28.3. The average molecular weight is 884 g/mol. The van der Waals surface area contributed by atoms with Crippen LogP contribution in [0.5, 0.6) is 0 Å². The van der Waals surface area contributed by atoms with Crippen LogP contribution in [0.4, 0.5) is 0 Å². The topological polar surface area (TPSA) is 351 Å². The van der Waals surface area contributed by atoms with Crippen LogP contribution in [0.15, 0.2) is 0 Å². The zero-order valence-corrected chi connectivity index (χ0v) is 38.1. The highest BCUT2D eigenvalue weighted by molar-refractivity contribution is 5.97. The van der Waals surface area contributed by atoms with Crippen LogP contribution < -0.4 is 59.3 Å². The SMILES string of the molecule is CC(C)[C@H](N)C(=O)N[C@H](C(=O)N[C@H](C(=O)NCC(=O)N[C@@H](C)C(=O)N[C@H](C(=O)NCC(=O)N[C@H](C(=O)NCC(=O)N[C@@H](CCCCN)C(=O)O)C(C)C)C(C)C)C(C)C)C(C)C. The smallest absolute Gasteiger partial charge is 0.326 e. The number of hydrogen-bond acceptors (Lipinski definition) is 12. The largest absolute Gasteiger partial charge is 0.480 e. The Labute approximate surface area is 364 Å². The first-order valence-corrected chi connectivity index (χ1v) is 21.1. The summed E-state index contributed by atoms with van der Waals surface area (Å²) in [6, 6.07) is -7.52. The lowest BCUT2D eigenvalue weighted by Gasteiger charge is -2.28. The number of hydrogen-bond donors (Lipinski definition) is 12. The predicted octanol–water partition coefficient (Wildman–Crippen LogP) is -2.92. The minimum absolute atomic E-state index is 0.157. The minimum Gasteiger partial charge on any atom is -0.480 e. The van der Waals surface area contributed by atoms with Crippen molar-refractivity contribution in [3.63, 3.8) is 0 Å². The number of carboxylic acids is 1. The van der Waals surface area contributed by atoms with Crippen molar-refractivity contribution in [3.8, 4) is 0 Å². The van der Waals surface area contributed by atoms with E-state index in [4.69, 9.17) is 11.5 Å². The first-order valence-electron chi connectivity index (χ1n) is 21.1. The maximum absolute atomic E-state index is 13.2. The third-order valence-electron chi connectivity index (χ3n) is 9.65. The van der Waals surface area contributed by atoms with E-state index in [1.807, 2.05) is 0 Å². The number of amides is 9. The van der Waals surface area contributed by atoms with Crippen molar-refractivity contribution in [2.75, 3.05) is 26.2 Å². The first-order chi connectivity index (χ1) is 28.7. The average Bonchev–Trinajstić information content (AvgIpc) is 3.18. The zero-order valence-electron chi connectivity index (χ0n) is 38.1. The lowest BCUT2D eigenvalue weighted by Crippen LogP contribution is -2.59. The number of carbonyl (C=O) groups excluding carboxylic acids is 9. The summed E-state index contributed by atoms with van der Waals surface area (Å²) in [6.07, 6.45) is 1.22. The van der Waals surface area contributed by atoms with E-state index < -0.39 is 139 Å². The summed E-state index contributed by atoms with van der Waals surface area (Å²) in [5.74, 6) is -9.35. The second-order valence-electron chi connectivity index (χ2n) is 16.9. The van der Waals surface area contributed by atoms with Crippen LogP contribution in [-0.4, -0.2) is 133 Å². The van der Waals surface area contributed by atoms with Gasteiger partial charge in [-0.05, 0) is 62.3 Å². The Bertz CT molecular complexity index is 1560. The van der Waals surface area contributed by atoms with Crippen molar-refractivity contribution in [1.29, 1.82) is 0 Å². The number of aliphatic carboxylic acids is 1. The number of carbonyl (C=O) groups is 10. The molecule has 0 aromatic heterocycles. The summed E-state index contributed by atoms with van der Waals surface area (Å²) in [7, 11) is 0. The predicted molar refractivity (Wildman–Crippen MR) is 229 cm³/mol. The third-order valence-corrected chi connectivity index (χ3v) is 9.65. The van der Waals surface area contributed by atoms with E-state index in [9.17, 15) is 53.1 Å². The Kier molecular flexibility index (Phi) is 25.8. The Hall–Kier alpha value is -5.38. The molecule has 0 aliphatic carbocycles. The van der Waals surface area contributed by atoms with Gasteiger partial charge in [-0.15, -0.1) is 0 Å². The fourth-order valence-electron chi connectivity index (χ4n) is 5.62. The van der Waals surface area contributed by atoms with Crippen LogP contribution in [0.1, 0.15) is 95.4 Å². The van der Waals surface area contributed by atoms with Gasteiger partial charge in [0.15, 0.2) is 0 Å². The van der Waals surface area contributed by atoms with Gasteiger partial charge in [-0.25, -0.2) is 4.79 Å². The van der Waals surface area contributed by atoms with Gasteiger partial charge < -0.3 is 64.4 Å². The fourth-order valence-corrected chi connectivity index (χ4v) is 5.62. The molecule has 7 atom stereocenters. The van der Waals surface area contributed by atoms with Gasteiger partial charge in [0, 0.05) is 0 Å². The fraction of sp³-hybridized carbons (Fsp3) is 0.750. The molecular formula is C40H73N11O11. The van der Waals surface area contributed by atoms with E-state index in [-0.39, 0.29) is 18.3 Å². The second-order valence-corrected chi connectivity index (χ2v) is 16.9. The van der Waals surface area contributed by atoms with Crippen molar-refractivity contribution in [2.24, 2.45) is 41.1 Å². The zero-order chi connectivity index (χ0) is 48.0. The van der Waals surface area contributed by atoms with E-state index >= 15 is 0 Å². The van der Waals surface area contributed by atoms with Crippen molar-refractivity contribution in [3.05, 3.63) is 0 Å². The molecule has 0 aromatic carbocycles. The van der Waals surface area contributed by atoms with Gasteiger partial charge >= 0.3 is 5.97 Å². The first kappa shape index (κ1) is 56.6. The Balaban J connectivity index is 5.25. The summed E-state index contributed by atoms with van der Waals surface area (Å²) in [5.41, 5.74) is 11.4. The summed E-state index contributed by atoms with van der Waals surface area (Å²) in [6.45, 7) is 17.0. The molecular weight excluding hydrogens is 811 g/mol. The van der Waals surface area contributed by atoms with Crippen LogP contribution in [0.25, 0.3) is 0 Å². The molecule has 0 aliphatic heterocycles. The number of nitrogens with two attached hydrogens (primary N) is 2. The van der Waals surface area contributed by atoms with E-state index in [0.29, 0.717) is 19.4 Å². The quantitative estimate of drug-likeness (QED) is 0.0351. The number of rotatable bonds is 28. The van der Waals surface area contributed by atoms with Gasteiger partial charge in [-0.3, -0.25) is 43.2 Å². The minimum atomic E-state index is -1.23. The molecule has 0 spiro atoms. The molecule has 0 fully saturated rings. The van der Waals surface area contributed by atoms with E-state index in [1.165, 1.54) is 6.92 Å². The van der Waals surface area contributed by atoms with Crippen molar-refractivity contribution in [1.82, 2.24) is 47.9 Å². The van der Waals surface area contributed by atoms with Crippen molar-refractivity contribution in [2.45, 2.75) is 138 Å². The normalized spacial score (nSPS) is 14.7. The maximum atomic E-state index is 13.2. The van der Waals surface area contributed by atoms with Crippen LogP contribution in [0.2, 0.25) is 0 Å². The molecule has 0 aliphatic rings. The van der Waals surface area contributed by atoms with Crippen LogP contribution >= 0.6 is 0 Å². The molecule has 22 heteroatoms. The molecule has 62 heavy (non-hydrogen) atoms. The highest BCUT2D eigenvalue weighted by Gasteiger charge is 2.33. The summed E-state index contributed by atoms with van der Waals surface area (Å²) < 4.78 is 0. The molecule has 0 radical (unpaired) electrons. The molecule has 9 amide bonds. The molecule has 0 saturated carbocycles. The van der Waals surface area contributed by atoms with E-state index in [0.717, 1.165) is 0 Å². The molecule has 0 heterocycles. The van der Waals surface area contributed by atoms with Gasteiger partial charge in [0.05, 0.1) is 25.7 Å². The summed E-state index contributed by atoms with van der Waals surface area (Å²) >= 11 is 0. The molecule has 354 valence electrons. The lowest BCUT2D eigenvalue weighted by molar-refractivity contribution is -0.142. The Morgan fingerprint density at radius 3 is 1.18 bits per heavy atom. The van der Waals surface area contributed by atoms with Gasteiger partial charge in [-0.1, -0.05) is 69.2 Å². The highest BCUT2D eigenvalue weighted by atomic mass is 16.4. The molecule has 0 saturated heterocycles. The summed E-state index contributed by atoms with van der Waals surface area (Å²) in [4.78, 5) is 127. The lowest BCUT2D eigenvalue weighted by atomic mass is 9.98. The Morgan fingerprint density at radius 1 is 0.435 bits per heavy atom. The van der Waals surface area contributed by atoms with Gasteiger partial charge in [0.2, 0.25) is 53.2 Å². The van der Waals surface area contributed by atoms with Crippen LogP contribution in [0.3, 0.4) is 0 Å². The van der Waals surface area contributed by atoms with E-state index in [1.54, 1.807) is 69.2 Å². The Morgan fingerprint density at radius 2 is 0.790 bits per heavy atom. The van der Waals surface area contributed by atoms with Crippen LogP contribution in [-0.2, 0) is 47.9 Å².